The van der Waals surface area contributed by atoms with Gasteiger partial charge in [0.05, 0.1) is 13.2 Å². The molecule has 18 unspecified atom stereocenters. The Kier molecular flexibility index (Phi) is 46.9. The third-order valence-electron chi connectivity index (χ3n) is 18.1. The summed E-state index contributed by atoms with van der Waals surface area (Å²) in [6.45, 7) is 3.43. The molecule has 3 fully saturated rings. The van der Waals surface area contributed by atoms with E-state index in [9.17, 15) is 74.9 Å². The van der Waals surface area contributed by atoms with E-state index >= 15 is 0 Å². The van der Waals surface area contributed by atoms with Gasteiger partial charge in [-0.1, -0.05) is 245 Å². The van der Waals surface area contributed by atoms with Gasteiger partial charge >= 0.3 is 25.7 Å². The molecule has 93 heavy (non-hydrogen) atoms. The number of hydrogen-bond donors (Lipinski definition) is 11. The van der Waals surface area contributed by atoms with Crippen molar-refractivity contribution in [2.75, 3.05) is 26.4 Å². The Labute approximate surface area is 555 Å². The van der Waals surface area contributed by atoms with Crippen molar-refractivity contribution in [3.05, 3.63) is 0 Å². The highest BCUT2D eigenvalue weighted by molar-refractivity contribution is 7.47. The van der Waals surface area contributed by atoms with Gasteiger partial charge in [0.1, 0.15) is 98.7 Å². The molecule has 2 saturated heterocycles. The first-order chi connectivity index (χ1) is 44.8. The van der Waals surface area contributed by atoms with Crippen molar-refractivity contribution in [3.63, 3.8) is 0 Å². The summed E-state index contributed by atoms with van der Waals surface area (Å²) in [6.07, 6.45) is 6.21. The number of aliphatic hydroxyl groups excluding tert-OH is 10. The molecule has 3 rings (SSSR count). The monoisotopic (exact) mass is 1360 g/mol. The molecule has 1 saturated carbocycles. The van der Waals surface area contributed by atoms with Gasteiger partial charge in [0.15, 0.2) is 18.7 Å². The summed E-state index contributed by atoms with van der Waals surface area (Å²) in [6, 6.07) is 0. The Morgan fingerprint density at radius 1 is 0.376 bits per heavy atom. The highest BCUT2D eigenvalue weighted by Crippen LogP contribution is 2.49. The maximum absolute atomic E-state index is 14.3. The molecule has 0 aromatic carbocycles. The van der Waals surface area contributed by atoms with Crippen molar-refractivity contribution in [2.45, 2.75) is 388 Å². The fourth-order valence-corrected chi connectivity index (χ4v) is 13.1. The van der Waals surface area contributed by atoms with Crippen LogP contribution in [0.5, 0.6) is 0 Å². The van der Waals surface area contributed by atoms with Gasteiger partial charge in [-0.3, -0.25) is 23.4 Å². The van der Waals surface area contributed by atoms with Gasteiger partial charge < -0.3 is 89.1 Å². The van der Waals surface area contributed by atoms with Crippen molar-refractivity contribution >= 4 is 25.7 Å². The molecule has 2 heterocycles. The van der Waals surface area contributed by atoms with E-state index < -0.39 is 156 Å². The molecule has 0 amide bonds. The molecule has 25 heteroatoms. The minimum atomic E-state index is -5.68. The predicted molar refractivity (Wildman–Crippen MR) is 347 cm³/mol. The van der Waals surface area contributed by atoms with Gasteiger partial charge in [0.2, 0.25) is 0 Å². The van der Waals surface area contributed by atoms with Gasteiger partial charge in [-0.05, 0) is 19.3 Å². The van der Waals surface area contributed by atoms with Gasteiger partial charge in [0.25, 0.3) is 0 Å². The van der Waals surface area contributed by atoms with Crippen LogP contribution in [0, 0.1) is 0 Å². The van der Waals surface area contributed by atoms with Crippen LogP contribution in [-0.2, 0) is 61.2 Å². The van der Waals surface area contributed by atoms with E-state index in [1.807, 2.05) is 0 Å². The van der Waals surface area contributed by atoms with E-state index in [1.165, 1.54) is 128 Å². The van der Waals surface area contributed by atoms with Gasteiger partial charge in [0, 0.05) is 19.3 Å². The second-order valence-corrected chi connectivity index (χ2v) is 27.7. The van der Waals surface area contributed by atoms with E-state index in [-0.39, 0.29) is 19.3 Å². The zero-order valence-electron chi connectivity index (χ0n) is 56.8. The second-order valence-electron chi connectivity index (χ2n) is 26.3. The molecule has 11 N–H and O–H groups in total. The molecule has 0 radical (unpaired) electrons. The number of unbranched alkanes of at least 4 members (excludes halogenated alkanes) is 35. The molecule has 1 aliphatic carbocycles. The number of carbonyl (C=O) groups excluding carboxylic acids is 3. The normalized spacial score (nSPS) is 28.4. The standard InChI is InChI=1S/C68H127O24P/c1-4-7-10-13-16-19-22-25-26-29-31-34-37-40-43-53(71)85-48-51-56(74)58(76)63(81)68(89-51)91-65-61(79)59(77)60(78)64(90-67-62(80)57(75)55(73)50(45-69)88-67)66(65)92-93(82,83)86-47-49(87-54(72)44-41-38-35-32-28-24-21-18-15-12-9-6-3)46-84-52(70)42-39-36-33-30-27-23-20-17-14-11-8-5-2/h49-51,55-69,73-81H,4-48H2,1-3H3,(H,82,83). The first kappa shape index (κ1) is 85.2. The molecule has 18 atom stereocenters. The van der Waals surface area contributed by atoms with Gasteiger partial charge in [-0.25, -0.2) is 4.57 Å². The first-order valence-corrected chi connectivity index (χ1v) is 37.8. The maximum Gasteiger partial charge on any atom is 0.472 e. The fourth-order valence-electron chi connectivity index (χ4n) is 12.2. The fraction of sp³-hybridized carbons (Fsp3) is 0.956. The van der Waals surface area contributed by atoms with Gasteiger partial charge in [-0.15, -0.1) is 0 Å². The highest BCUT2D eigenvalue weighted by atomic mass is 31.2. The molecular formula is C68H127O24P. The molecule has 548 valence electrons. The van der Waals surface area contributed by atoms with Crippen LogP contribution in [0.1, 0.15) is 284 Å². The van der Waals surface area contributed by atoms with Crippen LogP contribution in [0.4, 0.5) is 0 Å². The summed E-state index contributed by atoms with van der Waals surface area (Å²) in [4.78, 5) is 50.8. The van der Waals surface area contributed by atoms with E-state index in [0.717, 1.165) is 96.3 Å². The summed E-state index contributed by atoms with van der Waals surface area (Å²) < 4.78 is 64.9. The van der Waals surface area contributed by atoms with Crippen LogP contribution < -0.4 is 0 Å². The predicted octanol–water partition coefficient (Wildman–Crippen LogP) is 9.01. The number of hydrogen-bond acceptors (Lipinski definition) is 23. The lowest BCUT2D eigenvalue weighted by Gasteiger charge is -2.49. The van der Waals surface area contributed by atoms with Crippen molar-refractivity contribution < 1.29 is 117 Å². The van der Waals surface area contributed by atoms with Crippen molar-refractivity contribution in [1.82, 2.24) is 0 Å². The molecule has 0 spiro atoms. The largest absolute Gasteiger partial charge is 0.472 e. The number of esters is 3. The molecule has 0 aromatic rings. The summed E-state index contributed by atoms with van der Waals surface area (Å²) in [5.41, 5.74) is 0. The SMILES string of the molecule is CCCCCCCCCCCCCCCCC(=O)OCC1OC(OC2C(O)C(O)C(O)C(OC3OC(CO)C(O)C(O)C3O)C2OP(=O)(O)OCC(COC(=O)CCCCCCCCCCCCCC)OC(=O)CCCCCCCCCCCCCC)C(O)C(O)C1O. The third kappa shape index (κ3) is 35.0. The Balaban J connectivity index is 1.75. The number of ether oxygens (including phenoxy) is 7. The Hall–Kier alpha value is -2.04. The van der Waals surface area contributed by atoms with Crippen LogP contribution in [-0.4, -0.2) is 204 Å². The van der Waals surface area contributed by atoms with Gasteiger partial charge in [-0.2, -0.15) is 0 Å². The van der Waals surface area contributed by atoms with E-state index in [2.05, 4.69) is 20.8 Å². The van der Waals surface area contributed by atoms with Crippen LogP contribution in [0.15, 0.2) is 0 Å². The van der Waals surface area contributed by atoms with Crippen molar-refractivity contribution in [1.29, 1.82) is 0 Å². The highest BCUT2D eigenvalue weighted by Gasteiger charge is 2.58. The maximum atomic E-state index is 14.3. The zero-order valence-corrected chi connectivity index (χ0v) is 57.7. The molecule has 0 aromatic heterocycles. The Morgan fingerprint density at radius 2 is 0.688 bits per heavy atom. The topological polar surface area (TPSA) is 374 Å². The minimum Gasteiger partial charge on any atom is -0.463 e. The number of carbonyl (C=O) groups is 3. The molecule has 24 nitrogen and oxygen atoms in total. The lowest BCUT2D eigenvalue weighted by atomic mass is 9.84. The van der Waals surface area contributed by atoms with Crippen LogP contribution >= 0.6 is 7.82 Å². The first-order valence-electron chi connectivity index (χ1n) is 36.3. The number of phosphoric ester groups is 1. The summed E-state index contributed by atoms with van der Waals surface area (Å²) >= 11 is 0. The van der Waals surface area contributed by atoms with Crippen LogP contribution in [0.2, 0.25) is 0 Å². The lowest BCUT2D eigenvalue weighted by molar-refractivity contribution is -0.360. The number of aliphatic hydroxyl groups is 10. The average molecular weight is 1360 g/mol. The third-order valence-corrected chi connectivity index (χ3v) is 19.1. The average Bonchev–Trinajstić information content (AvgIpc) is 0.800. The van der Waals surface area contributed by atoms with Crippen LogP contribution in [0.25, 0.3) is 0 Å². The number of phosphoric acid groups is 1. The summed E-state index contributed by atoms with van der Waals surface area (Å²) in [5.74, 6) is -1.98. The summed E-state index contributed by atoms with van der Waals surface area (Å²) in [7, 11) is -5.68. The quantitative estimate of drug-likeness (QED) is 0.0117. The van der Waals surface area contributed by atoms with Crippen molar-refractivity contribution in [3.8, 4) is 0 Å². The Bertz CT molecular complexity index is 1940. The molecule has 0 bridgehead atoms. The van der Waals surface area contributed by atoms with E-state index in [0.29, 0.717) is 19.3 Å². The van der Waals surface area contributed by atoms with Crippen molar-refractivity contribution in [2.24, 2.45) is 0 Å². The molecule has 3 aliphatic rings. The minimum absolute atomic E-state index is 0.0336. The summed E-state index contributed by atoms with van der Waals surface area (Å²) in [5, 5.41) is 110. The lowest BCUT2D eigenvalue weighted by Crippen LogP contribution is -2.69. The molecule has 2 aliphatic heterocycles. The van der Waals surface area contributed by atoms with Crippen LogP contribution in [0.3, 0.4) is 0 Å². The zero-order chi connectivity index (χ0) is 68.2. The molecular weight excluding hydrogens is 1230 g/mol. The smallest absolute Gasteiger partial charge is 0.463 e. The Morgan fingerprint density at radius 3 is 1.05 bits per heavy atom. The van der Waals surface area contributed by atoms with E-state index in [1.54, 1.807) is 0 Å². The van der Waals surface area contributed by atoms with E-state index in [4.69, 9.17) is 42.2 Å². The number of rotatable bonds is 56. The second kappa shape index (κ2) is 51.2.